The summed E-state index contributed by atoms with van der Waals surface area (Å²) in [6, 6.07) is 8.86. The predicted octanol–water partition coefficient (Wildman–Crippen LogP) is 2.52. The molecule has 0 aliphatic carbocycles. The molecular weight excluding hydrogens is 364 g/mol. The number of carbonyl (C=O) groups excluding carboxylic acids is 1. The Balaban J connectivity index is 1.15. The monoisotopic (exact) mass is 388 g/mol. The molecular formula is C22H24N6O. The maximum atomic E-state index is 12.1. The van der Waals surface area contributed by atoms with Gasteiger partial charge in [-0.3, -0.25) is 14.9 Å². The number of nitrogens with zero attached hydrogens (tertiary/aromatic N) is 4. The summed E-state index contributed by atoms with van der Waals surface area (Å²) < 4.78 is 0. The van der Waals surface area contributed by atoms with Crippen molar-refractivity contribution < 1.29 is 4.79 Å². The summed E-state index contributed by atoms with van der Waals surface area (Å²) in [6.07, 6.45) is 6.84. The molecule has 5 heterocycles. The van der Waals surface area contributed by atoms with Crippen LogP contribution in [0.5, 0.6) is 0 Å². The van der Waals surface area contributed by atoms with E-state index < -0.39 is 0 Å². The largest absolute Gasteiger partial charge is 0.357 e. The van der Waals surface area contributed by atoms with Crippen LogP contribution in [0.25, 0.3) is 10.9 Å². The molecule has 0 saturated carbocycles. The molecule has 0 bridgehead atoms. The Morgan fingerprint density at radius 1 is 1.24 bits per heavy atom. The Morgan fingerprint density at radius 2 is 2.21 bits per heavy atom. The summed E-state index contributed by atoms with van der Waals surface area (Å²) in [7, 11) is 0. The van der Waals surface area contributed by atoms with Gasteiger partial charge in [-0.15, -0.1) is 0 Å². The van der Waals surface area contributed by atoms with E-state index in [-0.39, 0.29) is 5.91 Å². The van der Waals surface area contributed by atoms with Gasteiger partial charge in [0.05, 0.1) is 35.3 Å². The number of rotatable bonds is 4. The van der Waals surface area contributed by atoms with Gasteiger partial charge in [-0.2, -0.15) is 5.10 Å². The van der Waals surface area contributed by atoms with Crippen molar-refractivity contribution in [1.29, 1.82) is 0 Å². The van der Waals surface area contributed by atoms with Gasteiger partial charge < -0.3 is 15.1 Å². The van der Waals surface area contributed by atoms with E-state index in [9.17, 15) is 4.79 Å². The highest BCUT2D eigenvalue weighted by molar-refractivity contribution is 6.03. The lowest BCUT2D eigenvalue weighted by Crippen LogP contribution is -2.49. The summed E-state index contributed by atoms with van der Waals surface area (Å²) >= 11 is 0. The Hall–Kier alpha value is -2.93. The Labute approximate surface area is 169 Å². The number of aromatic amines is 1. The third-order valence-electron chi connectivity index (χ3n) is 6.73. The summed E-state index contributed by atoms with van der Waals surface area (Å²) in [5.74, 6) is 0.600. The standard InChI is InChI=1S/C22H24N6O/c29-21-13-28-20-7-10-27(12-16(20)14-3-1-4-18(24-21)22(14)28)9-2-5-17-15-6-8-23-11-19(15)26-25-17/h1,3-4,6,8,11,16,20H,2,5,7,9-10,12-13H2,(H,24,29)(H,25,26)/t16-,20-/m0/s1. The van der Waals surface area contributed by atoms with Crippen molar-refractivity contribution in [1.82, 2.24) is 20.1 Å². The predicted molar refractivity (Wildman–Crippen MR) is 112 cm³/mol. The molecule has 2 atom stereocenters. The summed E-state index contributed by atoms with van der Waals surface area (Å²) in [6.45, 7) is 3.73. The zero-order valence-electron chi connectivity index (χ0n) is 16.3. The molecule has 29 heavy (non-hydrogen) atoms. The van der Waals surface area contributed by atoms with Crippen molar-refractivity contribution >= 4 is 28.2 Å². The van der Waals surface area contributed by atoms with E-state index in [1.807, 2.05) is 24.5 Å². The molecule has 0 radical (unpaired) electrons. The summed E-state index contributed by atoms with van der Waals surface area (Å²) in [4.78, 5) is 21.2. The first kappa shape index (κ1) is 17.0. The van der Waals surface area contributed by atoms with Gasteiger partial charge in [0.1, 0.15) is 0 Å². The number of fused-ring (bicyclic) bond motifs is 4. The van der Waals surface area contributed by atoms with Crippen LogP contribution in [0.4, 0.5) is 11.4 Å². The van der Waals surface area contributed by atoms with Gasteiger partial charge >= 0.3 is 0 Å². The smallest absolute Gasteiger partial charge is 0.243 e. The van der Waals surface area contributed by atoms with Crippen molar-refractivity contribution in [2.24, 2.45) is 0 Å². The normalized spacial score (nSPS) is 23.2. The number of nitrogens with one attached hydrogen (secondary N) is 2. The molecule has 1 fully saturated rings. The average molecular weight is 388 g/mol. The molecule has 0 unspecified atom stereocenters. The Morgan fingerprint density at radius 3 is 3.17 bits per heavy atom. The second-order valence-corrected chi connectivity index (χ2v) is 8.38. The van der Waals surface area contributed by atoms with Crippen molar-refractivity contribution in [2.45, 2.75) is 31.2 Å². The molecule has 3 aliphatic rings. The van der Waals surface area contributed by atoms with Gasteiger partial charge in [-0.05, 0) is 43.5 Å². The third-order valence-corrected chi connectivity index (χ3v) is 6.73. The number of hydrogen-bond acceptors (Lipinski definition) is 5. The molecule has 1 aromatic carbocycles. The van der Waals surface area contributed by atoms with E-state index in [0.717, 1.165) is 55.8 Å². The number of benzene rings is 1. The number of likely N-dealkylation sites (tertiary alicyclic amines) is 1. The number of amides is 1. The van der Waals surface area contributed by atoms with Gasteiger partial charge in [0, 0.05) is 36.6 Å². The van der Waals surface area contributed by atoms with E-state index in [2.05, 4.69) is 42.4 Å². The van der Waals surface area contributed by atoms with E-state index >= 15 is 0 Å². The number of H-pyrrole nitrogens is 1. The number of anilines is 2. The van der Waals surface area contributed by atoms with Crippen LogP contribution in [0, 0.1) is 0 Å². The third kappa shape index (κ3) is 2.72. The maximum Gasteiger partial charge on any atom is 0.243 e. The lowest BCUT2D eigenvalue weighted by atomic mass is 9.89. The van der Waals surface area contributed by atoms with Crippen LogP contribution in [-0.4, -0.2) is 58.2 Å². The Bertz CT molecular complexity index is 1090. The molecule has 1 saturated heterocycles. The number of piperidine rings is 1. The molecule has 148 valence electrons. The molecule has 0 spiro atoms. The SMILES string of the molecule is O=C1CN2c3c(cccc3[C@@H]3CN(CCCc4n[nH]c5cnccc45)CC[C@@H]32)N1. The minimum absolute atomic E-state index is 0.110. The first-order chi connectivity index (χ1) is 14.3. The van der Waals surface area contributed by atoms with Gasteiger partial charge in [-0.25, -0.2) is 0 Å². The molecule has 2 N–H and O–H groups in total. The number of pyridine rings is 1. The quantitative estimate of drug-likeness (QED) is 0.718. The summed E-state index contributed by atoms with van der Waals surface area (Å²) in [5.41, 5.74) is 5.80. The molecule has 7 nitrogen and oxygen atoms in total. The van der Waals surface area contributed by atoms with Crippen LogP contribution in [0.15, 0.2) is 36.7 Å². The first-order valence-corrected chi connectivity index (χ1v) is 10.5. The number of hydrogen-bond donors (Lipinski definition) is 2. The number of aryl methyl sites for hydroxylation is 1. The van der Waals surface area contributed by atoms with Crippen molar-refractivity contribution in [3.8, 4) is 0 Å². The fourth-order valence-electron chi connectivity index (χ4n) is 5.46. The van der Waals surface area contributed by atoms with E-state index in [4.69, 9.17) is 0 Å². The molecule has 3 aromatic rings. The van der Waals surface area contributed by atoms with Crippen molar-refractivity contribution in [3.63, 3.8) is 0 Å². The van der Waals surface area contributed by atoms with Gasteiger partial charge in [0.15, 0.2) is 0 Å². The van der Waals surface area contributed by atoms with E-state index in [0.29, 0.717) is 18.5 Å². The lowest BCUT2D eigenvalue weighted by molar-refractivity contribution is -0.115. The fraction of sp³-hybridized carbons (Fsp3) is 0.409. The van der Waals surface area contributed by atoms with Crippen LogP contribution in [-0.2, 0) is 11.2 Å². The van der Waals surface area contributed by atoms with Crippen LogP contribution in [0.2, 0.25) is 0 Å². The topological polar surface area (TPSA) is 77.2 Å². The zero-order chi connectivity index (χ0) is 19.4. The molecule has 7 heteroatoms. The van der Waals surface area contributed by atoms with Crippen molar-refractivity contribution in [3.05, 3.63) is 47.9 Å². The Kier molecular flexibility index (Phi) is 3.84. The van der Waals surface area contributed by atoms with E-state index in [1.54, 1.807) is 0 Å². The highest BCUT2D eigenvalue weighted by atomic mass is 16.2. The van der Waals surface area contributed by atoms with Crippen LogP contribution >= 0.6 is 0 Å². The number of carbonyl (C=O) groups is 1. The zero-order valence-corrected chi connectivity index (χ0v) is 16.3. The minimum Gasteiger partial charge on any atom is -0.357 e. The van der Waals surface area contributed by atoms with Crippen LogP contribution in [0.1, 0.15) is 30.0 Å². The molecule has 2 aromatic heterocycles. The maximum absolute atomic E-state index is 12.1. The molecule has 6 rings (SSSR count). The highest BCUT2D eigenvalue weighted by Gasteiger charge is 2.44. The number of para-hydroxylation sites is 1. The van der Waals surface area contributed by atoms with Gasteiger partial charge in [0.2, 0.25) is 5.91 Å². The average Bonchev–Trinajstić information content (AvgIpc) is 3.29. The second-order valence-electron chi connectivity index (χ2n) is 8.38. The highest BCUT2D eigenvalue weighted by Crippen LogP contribution is 2.49. The lowest BCUT2D eigenvalue weighted by Gasteiger charge is -2.39. The van der Waals surface area contributed by atoms with Crippen LogP contribution < -0.4 is 10.2 Å². The summed E-state index contributed by atoms with van der Waals surface area (Å²) in [5, 5.41) is 11.8. The van der Waals surface area contributed by atoms with E-state index in [1.165, 1.54) is 16.6 Å². The number of aromatic nitrogens is 3. The van der Waals surface area contributed by atoms with Gasteiger partial charge in [0.25, 0.3) is 0 Å². The van der Waals surface area contributed by atoms with Gasteiger partial charge in [-0.1, -0.05) is 12.1 Å². The van der Waals surface area contributed by atoms with Crippen LogP contribution in [0.3, 0.4) is 0 Å². The molecule has 1 amide bonds. The fourth-order valence-corrected chi connectivity index (χ4v) is 5.46. The first-order valence-electron chi connectivity index (χ1n) is 10.5. The van der Waals surface area contributed by atoms with Crippen molar-refractivity contribution in [2.75, 3.05) is 36.4 Å². The minimum atomic E-state index is 0.110. The second kappa shape index (κ2) is 6.56. The molecule has 3 aliphatic heterocycles.